The lowest BCUT2D eigenvalue weighted by Gasteiger charge is -2.19. The molecule has 16 heavy (non-hydrogen) atoms. The second kappa shape index (κ2) is 4.49. The summed E-state index contributed by atoms with van der Waals surface area (Å²) in [7, 11) is 0. The summed E-state index contributed by atoms with van der Waals surface area (Å²) < 4.78 is 0. The van der Waals surface area contributed by atoms with E-state index in [1.165, 1.54) is 6.07 Å². The van der Waals surface area contributed by atoms with Gasteiger partial charge in [-0.25, -0.2) is 0 Å². The summed E-state index contributed by atoms with van der Waals surface area (Å²) in [5, 5.41) is 13.8. The molecule has 0 amide bonds. The largest absolute Gasteiger partial charge is 0.383 e. The molecule has 88 valence electrons. The predicted octanol–water partition coefficient (Wildman–Crippen LogP) is 2.05. The maximum Gasteiger partial charge on any atom is 0.274 e. The molecular formula is C11H17N3O2. The van der Waals surface area contributed by atoms with E-state index >= 15 is 0 Å². The van der Waals surface area contributed by atoms with E-state index in [2.05, 4.69) is 5.32 Å². The van der Waals surface area contributed by atoms with Gasteiger partial charge < -0.3 is 11.1 Å². The maximum absolute atomic E-state index is 10.7. The molecule has 0 saturated heterocycles. The molecule has 0 unspecified atom stereocenters. The molecule has 0 aromatic heterocycles. The molecule has 0 aliphatic carbocycles. The highest BCUT2D eigenvalue weighted by atomic mass is 16.6. The summed E-state index contributed by atoms with van der Waals surface area (Å²) in [6, 6.07) is 5.07. The van der Waals surface area contributed by atoms with Gasteiger partial charge in [-0.2, -0.15) is 0 Å². The molecule has 1 aromatic carbocycles. The van der Waals surface area contributed by atoms with Gasteiger partial charge in [-0.3, -0.25) is 10.1 Å². The first-order chi connectivity index (χ1) is 7.29. The van der Waals surface area contributed by atoms with Gasteiger partial charge in [0.05, 0.1) is 4.92 Å². The van der Waals surface area contributed by atoms with Crippen LogP contribution in [0.15, 0.2) is 18.2 Å². The molecule has 3 N–H and O–H groups in total. The van der Waals surface area contributed by atoms with E-state index in [4.69, 9.17) is 5.73 Å². The second-order valence-electron chi connectivity index (χ2n) is 4.60. The minimum Gasteiger partial charge on any atom is -0.383 e. The first kappa shape index (κ1) is 12.4. The van der Waals surface area contributed by atoms with Gasteiger partial charge in [0.2, 0.25) is 0 Å². The number of nitrogens with zero attached hydrogens (tertiary/aromatic N) is 1. The average Bonchev–Trinajstić information content (AvgIpc) is 2.14. The zero-order chi connectivity index (χ0) is 12.3. The molecule has 1 aromatic rings. The van der Waals surface area contributed by atoms with E-state index in [1.807, 2.05) is 19.9 Å². The van der Waals surface area contributed by atoms with E-state index in [-0.39, 0.29) is 16.1 Å². The number of nitrogens with one attached hydrogen (secondary N) is 1. The molecule has 0 atom stereocenters. The SMILES string of the molecule is Cc1ccc(NCC(C)(C)N)cc1[N+](=O)[O-]. The van der Waals surface area contributed by atoms with Crippen molar-refractivity contribution in [3.8, 4) is 0 Å². The Morgan fingerprint density at radius 3 is 2.62 bits per heavy atom. The van der Waals surface area contributed by atoms with E-state index in [1.54, 1.807) is 13.0 Å². The molecular weight excluding hydrogens is 206 g/mol. The van der Waals surface area contributed by atoms with Crippen molar-refractivity contribution >= 4 is 11.4 Å². The minimum atomic E-state index is -0.381. The van der Waals surface area contributed by atoms with Crippen molar-refractivity contribution in [1.29, 1.82) is 0 Å². The number of rotatable bonds is 4. The van der Waals surface area contributed by atoms with Crippen LogP contribution in [-0.2, 0) is 0 Å². The Morgan fingerprint density at radius 1 is 1.50 bits per heavy atom. The molecule has 1 rings (SSSR count). The Balaban J connectivity index is 2.83. The molecule has 0 aliphatic rings. The van der Waals surface area contributed by atoms with Crippen LogP contribution >= 0.6 is 0 Å². The Bertz CT molecular complexity index is 397. The highest BCUT2D eigenvalue weighted by Gasteiger charge is 2.13. The van der Waals surface area contributed by atoms with Crippen molar-refractivity contribution in [3.63, 3.8) is 0 Å². The molecule has 0 fully saturated rings. The van der Waals surface area contributed by atoms with Crippen LogP contribution in [0.1, 0.15) is 19.4 Å². The zero-order valence-corrected chi connectivity index (χ0v) is 9.78. The Labute approximate surface area is 94.8 Å². The van der Waals surface area contributed by atoms with Crippen LogP contribution in [0, 0.1) is 17.0 Å². The van der Waals surface area contributed by atoms with Gasteiger partial charge >= 0.3 is 0 Å². The molecule has 0 heterocycles. The normalized spacial score (nSPS) is 11.2. The first-order valence-electron chi connectivity index (χ1n) is 5.07. The second-order valence-corrected chi connectivity index (χ2v) is 4.60. The van der Waals surface area contributed by atoms with Crippen LogP contribution in [-0.4, -0.2) is 17.0 Å². The van der Waals surface area contributed by atoms with E-state index in [0.29, 0.717) is 12.1 Å². The van der Waals surface area contributed by atoms with Crippen LogP contribution in [0.2, 0.25) is 0 Å². The fourth-order valence-corrected chi connectivity index (χ4v) is 1.25. The Kier molecular flexibility index (Phi) is 3.49. The number of nitro benzene ring substituents is 1. The summed E-state index contributed by atoms with van der Waals surface area (Å²) in [5.74, 6) is 0. The van der Waals surface area contributed by atoms with Crippen molar-refractivity contribution in [3.05, 3.63) is 33.9 Å². The number of nitrogens with two attached hydrogens (primary N) is 1. The quantitative estimate of drug-likeness (QED) is 0.604. The highest BCUT2D eigenvalue weighted by Crippen LogP contribution is 2.22. The monoisotopic (exact) mass is 223 g/mol. The number of benzene rings is 1. The van der Waals surface area contributed by atoms with Crippen molar-refractivity contribution in [2.24, 2.45) is 5.73 Å². The minimum absolute atomic E-state index is 0.125. The van der Waals surface area contributed by atoms with Crippen LogP contribution in [0.4, 0.5) is 11.4 Å². The summed E-state index contributed by atoms with van der Waals surface area (Å²) in [4.78, 5) is 10.3. The first-order valence-corrected chi connectivity index (χ1v) is 5.07. The van der Waals surface area contributed by atoms with Gasteiger partial charge in [-0.15, -0.1) is 0 Å². The van der Waals surface area contributed by atoms with Crippen molar-refractivity contribution in [2.75, 3.05) is 11.9 Å². The van der Waals surface area contributed by atoms with Crippen molar-refractivity contribution < 1.29 is 4.92 Å². The summed E-state index contributed by atoms with van der Waals surface area (Å²) in [5.41, 5.74) is 6.97. The Hall–Kier alpha value is -1.62. The van der Waals surface area contributed by atoms with Gasteiger partial charge in [0.1, 0.15) is 0 Å². The standard InChI is InChI=1S/C11H17N3O2/c1-8-4-5-9(6-10(8)14(15)16)13-7-11(2,3)12/h4-6,13H,7,12H2,1-3H3. The fraction of sp³-hybridized carbons (Fsp3) is 0.455. The van der Waals surface area contributed by atoms with Gasteiger partial charge in [-0.1, -0.05) is 6.07 Å². The molecule has 0 radical (unpaired) electrons. The predicted molar refractivity (Wildman–Crippen MR) is 64.6 cm³/mol. The van der Waals surface area contributed by atoms with Crippen LogP contribution in [0.25, 0.3) is 0 Å². The summed E-state index contributed by atoms with van der Waals surface area (Å²) in [6.45, 7) is 6.06. The maximum atomic E-state index is 10.7. The molecule has 0 spiro atoms. The third kappa shape index (κ3) is 3.51. The highest BCUT2D eigenvalue weighted by molar-refractivity contribution is 5.55. The Morgan fingerprint density at radius 2 is 2.12 bits per heavy atom. The topological polar surface area (TPSA) is 81.2 Å². The number of anilines is 1. The van der Waals surface area contributed by atoms with Gasteiger partial charge in [-0.05, 0) is 26.8 Å². The molecule has 0 aliphatic heterocycles. The zero-order valence-electron chi connectivity index (χ0n) is 9.78. The van der Waals surface area contributed by atoms with Crippen molar-refractivity contribution in [2.45, 2.75) is 26.3 Å². The van der Waals surface area contributed by atoms with Gasteiger partial charge in [0.15, 0.2) is 0 Å². The van der Waals surface area contributed by atoms with Crippen LogP contribution < -0.4 is 11.1 Å². The van der Waals surface area contributed by atoms with E-state index in [0.717, 1.165) is 5.69 Å². The summed E-state index contributed by atoms with van der Waals surface area (Å²) >= 11 is 0. The lowest BCUT2D eigenvalue weighted by Crippen LogP contribution is -2.39. The number of aryl methyl sites for hydroxylation is 1. The van der Waals surface area contributed by atoms with Gasteiger partial charge in [0.25, 0.3) is 5.69 Å². The molecule has 0 saturated carbocycles. The number of hydrogen-bond acceptors (Lipinski definition) is 4. The molecule has 5 nitrogen and oxygen atoms in total. The average molecular weight is 223 g/mol. The lowest BCUT2D eigenvalue weighted by molar-refractivity contribution is -0.385. The summed E-state index contributed by atoms with van der Waals surface area (Å²) in [6.07, 6.45) is 0. The molecule has 5 heteroatoms. The van der Waals surface area contributed by atoms with Gasteiger partial charge in [0, 0.05) is 29.4 Å². The van der Waals surface area contributed by atoms with Crippen LogP contribution in [0.5, 0.6) is 0 Å². The molecule has 0 bridgehead atoms. The third-order valence-electron chi connectivity index (χ3n) is 2.15. The van der Waals surface area contributed by atoms with Crippen molar-refractivity contribution in [1.82, 2.24) is 0 Å². The third-order valence-corrected chi connectivity index (χ3v) is 2.15. The fourth-order valence-electron chi connectivity index (χ4n) is 1.25. The van der Waals surface area contributed by atoms with Crippen LogP contribution in [0.3, 0.4) is 0 Å². The lowest BCUT2D eigenvalue weighted by atomic mass is 10.1. The van der Waals surface area contributed by atoms with E-state index < -0.39 is 0 Å². The number of hydrogen-bond donors (Lipinski definition) is 2. The van der Waals surface area contributed by atoms with E-state index in [9.17, 15) is 10.1 Å². The smallest absolute Gasteiger partial charge is 0.274 e. The number of nitro groups is 1.